The van der Waals surface area contributed by atoms with Crippen LogP contribution in [0.3, 0.4) is 0 Å². The second-order valence-electron chi connectivity index (χ2n) is 8.22. The molecule has 0 fully saturated rings. The molecule has 6 heteroatoms. The summed E-state index contributed by atoms with van der Waals surface area (Å²) in [5.41, 5.74) is 5.33. The van der Waals surface area contributed by atoms with Crippen LogP contribution in [0.2, 0.25) is 0 Å². The van der Waals surface area contributed by atoms with Crippen molar-refractivity contribution in [1.29, 1.82) is 0 Å². The van der Waals surface area contributed by atoms with Crippen LogP contribution < -0.4 is 29.6 Å². The molecule has 0 aliphatic rings. The fourth-order valence-electron chi connectivity index (χ4n) is 2.70. The predicted octanol–water partition coefficient (Wildman–Crippen LogP) is 3.17. The van der Waals surface area contributed by atoms with Crippen molar-refractivity contribution in [3.63, 3.8) is 0 Å². The monoisotopic (exact) mass is 434 g/mol. The van der Waals surface area contributed by atoms with Crippen molar-refractivity contribution in [3.8, 4) is 0 Å². The maximum Gasteiger partial charge on any atom is 1.00 e. The van der Waals surface area contributed by atoms with Crippen LogP contribution in [-0.2, 0) is 10.1 Å². The van der Waals surface area contributed by atoms with Crippen LogP contribution in [0.1, 0.15) is 92.9 Å². The van der Waals surface area contributed by atoms with Gasteiger partial charge in [-0.1, -0.05) is 46.6 Å². The second-order valence-corrected chi connectivity index (χ2v) is 10.0. The fourth-order valence-corrected chi connectivity index (χ4v) is 3.07. The third-order valence-corrected chi connectivity index (χ3v) is 6.08. The van der Waals surface area contributed by atoms with Gasteiger partial charge in [-0.25, -0.2) is 8.42 Å². The van der Waals surface area contributed by atoms with E-state index < -0.39 is 15.1 Å². The molecule has 0 saturated heterocycles. The van der Waals surface area contributed by atoms with Gasteiger partial charge in [0, 0.05) is 0 Å². The van der Waals surface area contributed by atoms with Gasteiger partial charge in [-0.3, -0.25) is 0 Å². The van der Waals surface area contributed by atoms with Crippen molar-refractivity contribution < 1.29 is 47.6 Å². The molecule has 0 aliphatic carbocycles. The van der Waals surface area contributed by atoms with Gasteiger partial charge in [0.25, 0.3) is 0 Å². The summed E-state index contributed by atoms with van der Waals surface area (Å²) in [6.07, 6.45) is 15.3. The Morgan fingerprint density at radius 1 is 0.793 bits per heavy atom. The number of aliphatic hydroxyl groups is 1. The first-order valence-corrected chi connectivity index (χ1v) is 11.5. The molecular formula is C23H39NaO4S. The van der Waals surface area contributed by atoms with E-state index in [2.05, 4.69) is 45.9 Å². The summed E-state index contributed by atoms with van der Waals surface area (Å²) in [5, 5.41) is 9.66. The van der Waals surface area contributed by atoms with Crippen LogP contribution in [0.15, 0.2) is 46.6 Å². The van der Waals surface area contributed by atoms with Gasteiger partial charge in [-0.05, 0) is 92.9 Å². The first-order valence-electron chi connectivity index (χ1n) is 10.1. The summed E-state index contributed by atoms with van der Waals surface area (Å²) in [4.78, 5) is -2.20. The summed E-state index contributed by atoms with van der Waals surface area (Å²) in [6.45, 7) is 11.7. The second kappa shape index (κ2) is 15.6. The minimum absolute atomic E-state index is 0. The molecule has 4 nitrogen and oxygen atoms in total. The molecule has 29 heavy (non-hydrogen) atoms. The van der Waals surface area contributed by atoms with E-state index in [1.54, 1.807) is 0 Å². The van der Waals surface area contributed by atoms with Gasteiger partial charge in [-0.2, -0.15) is 0 Å². The molecule has 0 aromatic heterocycles. The molecule has 0 spiro atoms. The Labute approximate surface area is 201 Å². The molecule has 1 unspecified atom stereocenters. The minimum Gasteiger partial charge on any atom is -0.746 e. The molecule has 162 valence electrons. The molecule has 0 amide bonds. The van der Waals surface area contributed by atoms with Gasteiger partial charge in [0.2, 0.25) is 0 Å². The normalized spacial score (nSPS) is 15.5. The Morgan fingerprint density at radius 3 is 1.48 bits per heavy atom. The molecule has 0 aliphatic heterocycles. The Kier molecular flexibility index (Phi) is 16.7. The van der Waals surface area contributed by atoms with Crippen molar-refractivity contribution in [1.82, 2.24) is 0 Å². The van der Waals surface area contributed by atoms with Crippen LogP contribution in [-0.4, -0.2) is 23.0 Å². The van der Waals surface area contributed by atoms with Crippen molar-refractivity contribution in [3.05, 3.63) is 46.6 Å². The van der Waals surface area contributed by atoms with Crippen molar-refractivity contribution in [2.24, 2.45) is 0 Å². The molecule has 0 bridgehead atoms. The topological polar surface area (TPSA) is 77.4 Å². The minimum atomic E-state index is -4.69. The third kappa shape index (κ3) is 16.2. The molecule has 1 N–H and O–H groups in total. The van der Waals surface area contributed by atoms with Crippen LogP contribution in [0.5, 0.6) is 0 Å². The third-order valence-electron chi connectivity index (χ3n) is 4.79. The van der Waals surface area contributed by atoms with Crippen molar-refractivity contribution in [2.45, 2.75) is 97.8 Å². The smallest absolute Gasteiger partial charge is 0.746 e. The van der Waals surface area contributed by atoms with Gasteiger partial charge >= 0.3 is 29.6 Å². The molecule has 0 saturated carbocycles. The summed E-state index contributed by atoms with van der Waals surface area (Å²) in [7, 11) is -4.69. The SMILES string of the molecule is CC(C)=CCCC(C)=CCCC(C)=CCCC(C)=CCCC(C)(O)S(=O)(=O)[O-].[Na+]. The largest absolute Gasteiger partial charge is 1.00 e. The summed E-state index contributed by atoms with van der Waals surface area (Å²) in [5.74, 6) is 0. The van der Waals surface area contributed by atoms with Gasteiger partial charge in [-0.15, -0.1) is 0 Å². The molecule has 0 aromatic rings. The Balaban J connectivity index is 0. The standard InChI is InChI=1S/C23H40O4S.Na/c1-19(2)11-7-12-20(3)13-8-14-21(4)15-9-16-22(5)17-10-18-23(6,24)28(25,26)27;/h11,13,15,17,24H,7-10,12,14,16,18H2,1-6H3,(H,25,26,27);/q;+1/p-1. The van der Waals surface area contributed by atoms with Gasteiger partial charge in [0.1, 0.15) is 10.1 Å². The summed E-state index contributed by atoms with van der Waals surface area (Å²) >= 11 is 0. The first kappa shape index (κ1) is 31.0. The summed E-state index contributed by atoms with van der Waals surface area (Å²) in [6, 6.07) is 0. The van der Waals surface area contributed by atoms with E-state index >= 15 is 0 Å². The molecular weight excluding hydrogens is 395 g/mol. The van der Waals surface area contributed by atoms with E-state index in [1.807, 2.05) is 13.0 Å². The predicted molar refractivity (Wildman–Crippen MR) is 118 cm³/mol. The van der Waals surface area contributed by atoms with E-state index in [1.165, 1.54) is 16.7 Å². The molecule has 0 aromatic carbocycles. The Hall–Kier alpha value is -0.170. The zero-order valence-electron chi connectivity index (χ0n) is 19.5. The summed E-state index contributed by atoms with van der Waals surface area (Å²) < 4.78 is 32.8. The first-order chi connectivity index (χ1) is 12.8. The maximum atomic E-state index is 10.9. The van der Waals surface area contributed by atoms with E-state index in [0.717, 1.165) is 51.0 Å². The molecule has 0 rings (SSSR count). The van der Waals surface area contributed by atoms with E-state index in [0.29, 0.717) is 6.42 Å². The van der Waals surface area contributed by atoms with Gasteiger partial charge in [0.15, 0.2) is 4.93 Å². The number of rotatable bonds is 13. The van der Waals surface area contributed by atoms with Gasteiger partial charge in [0.05, 0.1) is 0 Å². The molecule has 0 heterocycles. The molecule has 0 radical (unpaired) electrons. The average molecular weight is 435 g/mol. The number of hydrogen-bond acceptors (Lipinski definition) is 4. The fraction of sp³-hybridized carbons (Fsp3) is 0.652. The average Bonchev–Trinajstić information content (AvgIpc) is 2.53. The molecule has 1 atom stereocenters. The van der Waals surface area contributed by atoms with Crippen LogP contribution >= 0.6 is 0 Å². The van der Waals surface area contributed by atoms with Crippen LogP contribution in [0.25, 0.3) is 0 Å². The zero-order chi connectivity index (χ0) is 21.8. The zero-order valence-corrected chi connectivity index (χ0v) is 22.4. The van der Waals surface area contributed by atoms with E-state index in [9.17, 15) is 18.1 Å². The Morgan fingerprint density at radius 2 is 1.14 bits per heavy atom. The number of allylic oxidation sites excluding steroid dienone is 8. The van der Waals surface area contributed by atoms with Gasteiger partial charge < -0.3 is 9.66 Å². The Bertz CT molecular complexity index is 694. The van der Waals surface area contributed by atoms with Crippen molar-refractivity contribution >= 4 is 10.1 Å². The number of hydrogen-bond donors (Lipinski definition) is 1. The van der Waals surface area contributed by atoms with E-state index in [-0.39, 0.29) is 36.0 Å². The van der Waals surface area contributed by atoms with E-state index in [4.69, 9.17) is 0 Å². The van der Waals surface area contributed by atoms with Crippen molar-refractivity contribution in [2.75, 3.05) is 0 Å². The quantitative estimate of drug-likeness (QED) is 0.274. The van der Waals surface area contributed by atoms with Crippen LogP contribution in [0, 0.1) is 0 Å². The maximum absolute atomic E-state index is 10.9. The van der Waals surface area contributed by atoms with Crippen LogP contribution in [0.4, 0.5) is 0 Å².